The molecule has 9 heteroatoms. The van der Waals surface area contributed by atoms with Gasteiger partial charge in [0.15, 0.2) is 0 Å². The lowest BCUT2D eigenvalue weighted by Crippen LogP contribution is -2.46. The number of benzene rings is 2. The number of hydrogen-bond acceptors (Lipinski definition) is 6. The van der Waals surface area contributed by atoms with E-state index in [9.17, 15) is 9.59 Å². The van der Waals surface area contributed by atoms with E-state index < -0.39 is 18.0 Å². The van der Waals surface area contributed by atoms with Crippen LogP contribution < -0.4 is 15.4 Å². The number of carbonyl (C=O) groups excluding carboxylic acids is 2. The molecule has 32 heavy (non-hydrogen) atoms. The Hall–Kier alpha value is -4.14. The van der Waals surface area contributed by atoms with Crippen LogP contribution in [0, 0.1) is 0 Å². The van der Waals surface area contributed by atoms with Crippen molar-refractivity contribution in [2.24, 2.45) is 0 Å². The topological polar surface area (TPSA) is 107 Å². The van der Waals surface area contributed by atoms with E-state index in [2.05, 4.69) is 20.9 Å². The summed E-state index contributed by atoms with van der Waals surface area (Å²) in [5.41, 5.74) is 2.13. The van der Waals surface area contributed by atoms with Crippen LogP contribution in [-0.4, -0.2) is 33.6 Å². The van der Waals surface area contributed by atoms with Gasteiger partial charge in [-0.2, -0.15) is 0 Å². The van der Waals surface area contributed by atoms with Crippen LogP contribution in [0.2, 0.25) is 0 Å². The number of carbonyl (C=O) groups is 2. The van der Waals surface area contributed by atoms with Crippen LogP contribution in [0.1, 0.15) is 24.2 Å². The molecule has 0 fully saturated rings. The van der Waals surface area contributed by atoms with Crippen LogP contribution in [0.5, 0.6) is 5.75 Å². The highest BCUT2D eigenvalue weighted by atomic mass is 16.5. The third kappa shape index (κ3) is 4.94. The largest absolute Gasteiger partial charge is 0.487 e. The fraction of sp³-hybridized carbons (Fsp3) is 0.217. The van der Waals surface area contributed by atoms with Crippen molar-refractivity contribution in [2.75, 3.05) is 6.61 Å². The summed E-state index contributed by atoms with van der Waals surface area (Å²) in [4.78, 5) is 25.2. The zero-order valence-electron chi connectivity index (χ0n) is 17.5. The van der Waals surface area contributed by atoms with Gasteiger partial charge >= 0.3 is 12.0 Å². The molecule has 0 radical (unpaired) electrons. The summed E-state index contributed by atoms with van der Waals surface area (Å²) in [5.74, 6) is 0.224. The van der Waals surface area contributed by atoms with Gasteiger partial charge in [-0.25, -0.2) is 14.3 Å². The van der Waals surface area contributed by atoms with Crippen LogP contribution in [0.15, 0.2) is 78.1 Å². The molecular formula is C23H23N5O4. The van der Waals surface area contributed by atoms with Crippen LogP contribution in [-0.2, 0) is 22.7 Å². The Balaban J connectivity index is 1.58. The number of nitrogens with zero attached hydrogens (tertiary/aromatic N) is 3. The van der Waals surface area contributed by atoms with Crippen molar-refractivity contribution in [3.8, 4) is 5.75 Å². The first-order valence-corrected chi connectivity index (χ1v) is 10.2. The van der Waals surface area contributed by atoms with E-state index in [0.29, 0.717) is 17.0 Å². The summed E-state index contributed by atoms with van der Waals surface area (Å²) in [5, 5.41) is 13.8. The third-order valence-corrected chi connectivity index (χ3v) is 4.82. The van der Waals surface area contributed by atoms with Crippen molar-refractivity contribution in [3.05, 3.63) is 89.4 Å². The van der Waals surface area contributed by atoms with E-state index in [4.69, 9.17) is 9.47 Å². The molecule has 0 aliphatic carbocycles. The quantitative estimate of drug-likeness (QED) is 0.529. The monoisotopic (exact) mass is 433 g/mol. The van der Waals surface area contributed by atoms with E-state index in [1.165, 1.54) is 0 Å². The Morgan fingerprint density at radius 1 is 1.09 bits per heavy atom. The molecule has 3 aromatic rings. The number of ether oxygens (including phenoxy) is 2. The SMILES string of the molecule is CCOC(=O)C1=C(Cn2cc(COc3ccccc3)nn2)NC(=O)NC1c1ccccc1. The molecule has 1 atom stereocenters. The molecule has 2 N–H and O–H groups in total. The Bertz CT molecular complexity index is 1110. The number of allylic oxidation sites excluding steroid dienone is 1. The number of nitrogens with one attached hydrogen (secondary N) is 2. The van der Waals surface area contributed by atoms with E-state index in [-0.39, 0.29) is 19.8 Å². The summed E-state index contributed by atoms with van der Waals surface area (Å²) in [6.45, 7) is 2.34. The van der Waals surface area contributed by atoms with Crippen molar-refractivity contribution in [3.63, 3.8) is 0 Å². The van der Waals surface area contributed by atoms with Crippen LogP contribution in [0.3, 0.4) is 0 Å². The second-order valence-corrected chi connectivity index (χ2v) is 7.06. The molecule has 4 rings (SSSR count). The minimum atomic E-state index is -0.636. The third-order valence-electron chi connectivity index (χ3n) is 4.82. The van der Waals surface area contributed by atoms with Gasteiger partial charge in [0, 0.05) is 0 Å². The summed E-state index contributed by atoms with van der Waals surface area (Å²) >= 11 is 0. The molecule has 1 aliphatic heterocycles. The minimum absolute atomic E-state index is 0.142. The lowest BCUT2D eigenvalue weighted by atomic mass is 9.95. The Kier molecular flexibility index (Phi) is 6.45. The van der Waals surface area contributed by atoms with Gasteiger partial charge in [-0.15, -0.1) is 5.10 Å². The highest BCUT2D eigenvalue weighted by Crippen LogP contribution is 2.28. The van der Waals surface area contributed by atoms with E-state index in [1.54, 1.807) is 17.8 Å². The van der Waals surface area contributed by atoms with Gasteiger partial charge in [-0.3, -0.25) is 0 Å². The number of urea groups is 1. The normalized spacial score (nSPS) is 15.7. The highest BCUT2D eigenvalue weighted by Gasteiger charge is 2.33. The number of esters is 1. The maximum atomic E-state index is 12.8. The number of amides is 2. The molecule has 2 aromatic carbocycles. The number of para-hydroxylation sites is 1. The molecule has 1 unspecified atom stereocenters. The van der Waals surface area contributed by atoms with Crippen LogP contribution in [0.25, 0.3) is 0 Å². The minimum Gasteiger partial charge on any atom is -0.487 e. The number of aromatic nitrogens is 3. The molecule has 164 valence electrons. The first kappa shape index (κ1) is 21.1. The summed E-state index contributed by atoms with van der Waals surface area (Å²) in [7, 11) is 0. The molecule has 2 amide bonds. The standard InChI is InChI=1S/C23H23N5O4/c1-2-31-22(29)20-19(24-23(30)25-21(20)16-9-5-3-6-10-16)14-28-13-17(26-27-28)15-32-18-11-7-4-8-12-18/h3-13,21H,2,14-15H2,1H3,(H2,24,25,30). The molecule has 0 saturated carbocycles. The van der Waals surface area contributed by atoms with Crippen molar-refractivity contribution < 1.29 is 19.1 Å². The van der Waals surface area contributed by atoms with Crippen molar-refractivity contribution in [2.45, 2.75) is 26.1 Å². The lowest BCUT2D eigenvalue weighted by molar-refractivity contribution is -0.139. The molecule has 0 saturated heterocycles. The summed E-state index contributed by atoms with van der Waals surface area (Å²) in [6.07, 6.45) is 1.71. The highest BCUT2D eigenvalue weighted by molar-refractivity contribution is 5.95. The first-order chi connectivity index (χ1) is 15.6. The Morgan fingerprint density at radius 2 is 1.81 bits per heavy atom. The fourth-order valence-electron chi connectivity index (χ4n) is 3.41. The lowest BCUT2D eigenvalue weighted by Gasteiger charge is -2.29. The van der Waals surface area contributed by atoms with Gasteiger partial charge in [-0.05, 0) is 24.6 Å². The number of rotatable bonds is 8. The van der Waals surface area contributed by atoms with Crippen LogP contribution in [0.4, 0.5) is 4.79 Å². The molecular weight excluding hydrogens is 410 g/mol. The molecule has 1 aliphatic rings. The Morgan fingerprint density at radius 3 is 2.53 bits per heavy atom. The zero-order chi connectivity index (χ0) is 22.3. The zero-order valence-corrected chi connectivity index (χ0v) is 17.5. The van der Waals surface area contributed by atoms with Crippen molar-refractivity contribution in [1.82, 2.24) is 25.6 Å². The van der Waals surface area contributed by atoms with Gasteiger partial charge < -0.3 is 20.1 Å². The maximum absolute atomic E-state index is 12.8. The second kappa shape index (κ2) is 9.78. The average molecular weight is 433 g/mol. The summed E-state index contributed by atoms with van der Waals surface area (Å²) in [6, 6.07) is 17.6. The molecule has 9 nitrogen and oxygen atoms in total. The molecule has 2 heterocycles. The summed E-state index contributed by atoms with van der Waals surface area (Å²) < 4.78 is 12.5. The van der Waals surface area contributed by atoms with Crippen molar-refractivity contribution >= 4 is 12.0 Å². The molecule has 0 bridgehead atoms. The van der Waals surface area contributed by atoms with Gasteiger partial charge in [0.2, 0.25) is 0 Å². The van der Waals surface area contributed by atoms with Gasteiger partial charge in [0.1, 0.15) is 18.1 Å². The molecule has 0 spiro atoms. The van der Waals surface area contributed by atoms with Crippen LogP contribution >= 0.6 is 0 Å². The predicted octanol–water partition coefficient (Wildman–Crippen LogP) is 2.73. The van der Waals surface area contributed by atoms with E-state index in [0.717, 1.165) is 11.3 Å². The predicted molar refractivity (Wildman–Crippen MR) is 115 cm³/mol. The van der Waals surface area contributed by atoms with Gasteiger partial charge in [0.05, 0.1) is 36.7 Å². The second-order valence-electron chi connectivity index (χ2n) is 7.06. The number of hydrogen-bond donors (Lipinski definition) is 2. The average Bonchev–Trinajstić information content (AvgIpc) is 3.26. The Labute approximate surface area is 185 Å². The van der Waals surface area contributed by atoms with Crippen molar-refractivity contribution in [1.29, 1.82) is 0 Å². The maximum Gasteiger partial charge on any atom is 0.338 e. The fourth-order valence-corrected chi connectivity index (χ4v) is 3.41. The van der Waals surface area contributed by atoms with Gasteiger partial charge in [-0.1, -0.05) is 53.7 Å². The van der Waals surface area contributed by atoms with Gasteiger partial charge in [0.25, 0.3) is 0 Å². The smallest absolute Gasteiger partial charge is 0.338 e. The molecule has 1 aromatic heterocycles. The van der Waals surface area contributed by atoms with E-state index in [1.807, 2.05) is 60.7 Å². The van der Waals surface area contributed by atoms with E-state index >= 15 is 0 Å². The first-order valence-electron chi connectivity index (χ1n) is 10.2.